The van der Waals surface area contributed by atoms with Crippen molar-refractivity contribution >= 4 is 81.2 Å². The van der Waals surface area contributed by atoms with Gasteiger partial charge in [0, 0.05) is 0 Å². The molecule has 1 rings (SSSR count). The van der Waals surface area contributed by atoms with E-state index >= 15 is 0 Å². The van der Waals surface area contributed by atoms with Gasteiger partial charge in [0.15, 0.2) is 4.33 Å². The van der Waals surface area contributed by atoms with Crippen LogP contribution in [0.4, 0.5) is 0 Å². The molecule has 1 aromatic carbocycles. The first-order chi connectivity index (χ1) is 8.41. The van der Waals surface area contributed by atoms with Gasteiger partial charge in [-0.25, -0.2) is 0 Å². The summed E-state index contributed by atoms with van der Waals surface area (Å²) in [7, 11) is 0. The molecule has 1 aromatic rings. The van der Waals surface area contributed by atoms with Crippen LogP contribution in [-0.2, 0) is 4.33 Å². The van der Waals surface area contributed by atoms with Crippen molar-refractivity contribution in [3.63, 3.8) is 0 Å². The maximum absolute atomic E-state index is 9.55. The minimum atomic E-state index is -2.11. The second-order valence-corrected chi connectivity index (χ2v) is 8.88. The second-order valence-electron chi connectivity index (χ2n) is 3.95. The number of hydrogen-bond acceptors (Lipinski definition) is 1. The third-order valence-electron chi connectivity index (χ3n) is 2.48. The summed E-state index contributed by atoms with van der Waals surface area (Å²) in [6.45, 7) is 1.59. The third-order valence-corrected chi connectivity index (χ3v) is 6.44. The van der Waals surface area contributed by atoms with Crippen LogP contribution in [0.25, 0.3) is 0 Å². The summed E-state index contributed by atoms with van der Waals surface area (Å²) in [5, 5.41) is 9.55. The summed E-state index contributed by atoms with van der Waals surface area (Å²) in [6, 6.07) is 6.44. The lowest BCUT2D eigenvalue weighted by molar-refractivity contribution is 0.199. The quantitative estimate of drug-likeness (QED) is 0.620. The van der Waals surface area contributed by atoms with Crippen LogP contribution < -0.4 is 0 Å². The lowest BCUT2D eigenvalue weighted by Gasteiger charge is -2.38. The van der Waals surface area contributed by atoms with Crippen LogP contribution in [-0.4, -0.2) is 13.2 Å². The molecular formula is C11H9Cl7O. The first kappa shape index (κ1) is 18.3. The molecule has 0 aliphatic heterocycles. The molecule has 8 heteroatoms. The van der Waals surface area contributed by atoms with Crippen molar-refractivity contribution < 1.29 is 5.11 Å². The van der Waals surface area contributed by atoms with E-state index in [0.29, 0.717) is 11.1 Å². The maximum atomic E-state index is 9.55. The molecule has 1 unspecified atom stereocenters. The predicted molar refractivity (Wildman–Crippen MR) is 85.2 cm³/mol. The summed E-state index contributed by atoms with van der Waals surface area (Å²) in [6.07, 6.45) is -0.711. The van der Waals surface area contributed by atoms with E-state index in [9.17, 15) is 5.11 Å². The van der Waals surface area contributed by atoms with Gasteiger partial charge in [0.2, 0.25) is 8.13 Å². The first-order valence-corrected chi connectivity index (χ1v) is 7.66. The molecule has 0 heterocycles. The van der Waals surface area contributed by atoms with Crippen LogP contribution in [0.3, 0.4) is 0 Å². The van der Waals surface area contributed by atoms with Gasteiger partial charge in [-0.3, -0.25) is 0 Å². The molecule has 108 valence electrons. The topological polar surface area (TPSA) is 20.2 Å². The van der Waals surface area contributed by atoms with Crippen molar-refractivity contribution in [1.29, 1.82) is 0 Å². The van der Waals surface area contributed by atoms with E-state index in [4.69, 9.17) is 81.2 Å². The van der Waals surface area contributed by atoms with Crippen molar-refractivity contribution in [3.8, 4) is 0 Å². The number of rotatable bonds is 3. The zero-order chi connectivity index (χ0) is 15.1. The van der Waals surface area contributed by atoms with E-state index in [0.717, 1.165) is 0 Å². The molecule has 1 N–H and O–H groups in total. The van der Waals surface area contributed by atoms with E-state index in [1.165, 1.54) is 0 Å². The monoisotopic (exact) mass is 402 g/mol. The average Bonchev–Trinajstić information content (AvgIpc) is 2.27. The lowest BCUT2D eigenvalue weighted by atomic mass is 10.0. The second kappa shape index (κ2) is 6.14. The van der Waals surface area contributed by atoms with Gasteiger partial charge in [0.05, 0.1) is 6.10 Å². The largest absolute Gasteiger partial charge is 0.389 e. The van der Waals surface area contributed by atoms with Gasteiger partial charge in [0.1, 0.15) is 0 Å². The van der Waals surface area contributed by atoms with Gasteiger partial charge in [-0.2, -0.15) is 0 Å². The molecule has 0 aliphatic carbocycles. The highest BCUT2D eigenvalue weighted by Crippen LogP contribution is 2.60. The standard InChI is InChI=1S/C11H9Cl7O/c1-6(19)7-3-2-4-8(5-7)9(12,13)10(14,15)11(16,17)18/h2-6,19H,1H3. The van der Waals surface area contributed by atoms with Crippen molar-refractivity contribution in [2.45, 2.75) is 25.5 Å². The van der Waals surface area contributed by atoms with Crippen LogP contribution in [0.15, 0.2) is 24.3 Å². The summed E-state index contributed by atoms with van der Waals surface area (Å²) >= 11 is 41.5. The molecule has 0 saturated carbocycles. The van der Waals surface area contributed by atoms with Gasteiger partial charge in [0.25, 0.3) is 0 Å². The Morgan fingerprint density at radius 1 is 1.00 bits per heavy atom. The highest BCUT2D eigenvalue weighted by atomic mass is 35.6. The highest BCUT2D eigenvalue weighted by Gasteiger charge is 2.60. The van der Waals surface area contributed by atoms with Crippen LogP contribution in [0.1, 0.15) is 24.2 Å². The normalized spacial score (nSPS) is 15.4. The summed E-state index contributed by atoms with van der Waals surface area (Å²) in [5.74, 6) is 0. The fourth-order valence-corrected chi connectivity index (χ4v) is 2.81. The van der Waals surface area contributed by atoms with Crippen LogP contribution in [0, 0.1) is 0 Å². The minimum Gasteiger partial charge on any atom is -0.389 e. The molecule has 1 nitrogen and oxygen atoms in total. The molecule has 0 amide bonds. The van der Waals surface area contributed by atoms with Gasteiger partial charge in [-0.1, -0.05) is 105 Å². The summed E-state index contributed by atoms with van der Waals surface area (Å²) in [5.41, 5.74) is 0.891. The Hall–Kier alpha value is 1.21. The van der Waals surface area contributed by atoms with E-state index < -0.39 is 18.6 Å². The van der Waals surface area contributed by atoms with Gasteiger partial charge >= 0.3 is 0 Å². The Morgan fingerprint density at radius 3 is 1.95 bits per heavy atom. The summed E-state index contributed by atoms with van der Waals surface area (Å²) < 4.78 is -6.09. The van der Waals surface area contributed by atoms with Crippen LogP contribution >= 0.6 is 81.2 Å². The summed E-state index contributed by atoms with van der Waals surface area (Å²) in [4.78, 5) is 0. The highest BCUT2D eigenvalue weighted by molar-refractivity contribution is 6.78. The Balaban J connectivity index is 3.31. The van der Waals surface area contributed by atoms with E-state index in [1.54, 1.807) is 31.2 Å². The zero-order valence-corrected chi connectivity index (χ0v) is 14.8. The Labute approximate surface area is 146 Å². The number of hydrogen-bond donors (Lipinski definition) is 1. The number of aliphatic hydroxyl groups is 1. The predicted octanol–water partition coefficient (Wildman–Crippen LogP) is 5.91. The average molecular weight is 405 g/mol. The maximum Gasteiger partial charge on any atom is 0.226 e. The Bertz CT molecular complexity index is 451. The van der Waals surface area contributed by atoms with Gasteiger partial charge in [-0.05, 0) is 18.1 Å². The molecular weight excluding hydrogens is 396 g/mol. The van der Waals surface area contributed by atoms with E-state index in [-0.39, 0.29) is 0 Å². The van der Waals surface area contributed by atoms with E-state index in [1.807, 2.05) is 0 Å². The van der Waals surface area contributed by atoms with E-state index in [2.05, 4.69) is 0 Å². The van der Waals surface area contributed by atoms with Crippen molar-refractivity contribution in [2.24, 2.45) is 0 Å². The van der Waals surface area contributed by atoms with Gasteiger partial charge < -0.3 is 5.11 Å². The molecule has 0 aromatic heterocycles. The smallest absolute Gasteiger partial charge is 0.226 e. The molecule has 19 heavy (non-hydrogen) atoms. The van der Waals surface area contributed by atoms with Gasteiger partial charge in [-0.15, -0.1) is 0 Å². The minimum absolute atomic E-state index is 0.311. The van der Waals surface area contributed by atoms with Crippen LogP contribution in [0.2, 0.25) is 0 Å². The Morgan fingerprint density at radius 2 is 1.53 bits per heavy atom. The number of halogens is 7. The van der Waals surface area contributed by atoms with Crippen molar-refractivity contribution in [2.75, 3.05) is 0 Å². The van der Waals surface area contributed by atoms with Crippen molar-refractivity contribution in [3.05, 3.63) is 35.4 Å². The number of benzene rings is 1. The molecule has 0 bridgehead atoms. The lowest BCUT2D eigenvalue weighted by Crippen LogP contribution is -2.45. The fourth-order valence-electron chi connectivity index (χ4n) is 1.35. The molecule has 0 spiro atoms. The number of aliphatic hydroxyl groups excluding tert-OH is 1. The number of alkyl halides is 7. The van der Waals surface area contributed by atoms with Crippen molar-refractivity contribution in [1.82, 2.24) is 0 Å². The van der Waals surface area contributed by atoms with Crippen LogP contribution in [0.5, 0.6) is 0 Å². The SMILES string of the molecule is CC(O)c1cccc(C(Cl)(Cl)C(Cl)(Cl)C(Cl)(Cl)Cl)c1. The molecule has 0 radical (unpaired) electrons. The molecule has 0 fully saturated rings. The fraction of sp³-hybridized carbons (Fsp3) is 0.455. The first-order valence-electron chi connectivity index (χ1n) is 5.02. The zero-order valence-electron chi connectivity index (χ0n) is 9.48. The Kier molecular flexibility index (Phi) is 5.90. The molecule has 0 aliphatic rings. The molecule has 0 saturated heterocycles. The third kappa shape index (κ3) is 3.70. The molecule has 1 atom stereocenters.